The molecule has 7 heteroatoms. The van der Waals surface area contributed by atoms with Crippen molar-refractivity contribution in [1.82, 2.24) is 4.90 Å². The second kappa shape index (κ2) is 8.40. The molecule has 6 nitrogen and oxygen atoms in total. The van der Waals surface area contributed by atoms with Gasteiger partial charge in [0.15, 0.2) is 0 Å². The number of benzene rings is 2. The summed E-state index contributed by atoms with van der Waals surface area (Å²) in [5.41, 5.74) is 2.42. The number of amides is 1. The third kappa shape index (κ3) is 4.23. The molecule has 1 saturated heterocycles. The number of rotatable bonds is 4. The molecule has 1 N–H and O–H groups in total. The van der Waals surface area contributed by atoms with Gasteiger partial charge in [0.05, 0.1) is 23.6 Å². The van der Waals surface area contributed by atoms with E-state index in [0.29, 0.717) is 30.0 Å². The van der Waals surface area contributed by atoms with E-state index in [1.807, 2.05) is 17.9 Å². The van der Waals surface area contributed by atoms with Crippen LogP contribution in [0, 0.1) is 13.8 Å². The Morgan fingerprint density at radius 2 is 1.90 bits per heavy atom. The zero-order valence-electron chi connectivity index (χ0n) is 17.4. The Morgan fingerprint density at radius 3 is 2.73 bits per heavy atom. The molecule has 2 unspecified atom stereocenters. The number of morpholine rings is 1. The number of fused-ring (bicyclic) bond motifs is 1. The molecule has 0 aromatic heterocycles. The van der Waals surface area contributed by atoms with Crippen LogP contribution in [0.1, 0.15) is 47.2 Å². The Kier molecular flexibility index (Phi) is 5.84. The Morgan fingerprint density at radius 1 is 1.10 bits per heavy atom. The molecule has 30 heavy (non-hydrogen) atoms. The molecule has 160 valence electrons. The van der Waals surface area contributed by atoms with Crippen LogP contribution in [-0.4, -0.2) is 44.5 Å². The van der Waals surface area contributed by atoms with Gasteiger partial charge in [0, 0.05) is 17.8 Å². The fraction of sp³-hybridized carbons (Fsp3) is 0.435. The van der Waals surface area contributed by atoms with Gasteiger partial charge >= 0.3 is 0 Å². The smallest absolute Gasteiger partial charge is 0.262 e. The van der Waals surface area contributed by atoms with Gasteiger partial charge in [0.2, 0.25) is 0 Å². The summed E-state index contributed by atoms with van der Waals surface area (Å²) >= 11 is 0. The topological polar surface area (TPSA) is 75.7 Å². The van der Waals surface area contributed by atoms with Crippen molar-refractivity contribution in [1.29, 1.82) is 0 Å². The van der Waals surface area contributed by atoms with Crippen molar-refractivity contribution in [3.8, 4) is 0 Å². The number of hydrogen-bond donors (Lipinski definition) is 1. The first-order valence-electron chi connectivity index (χ1n) is 10.5. The minimum absolute atomic E-state index is 0.0667. The number of nitrogens with one attached hydrogen (secondary N) is 1. The van der Waals surface area contributed by atoms with Crippen LogP contribution in [0.15, 0.2) is 47.4 Å². The number of anilines is 1. The summed E-state index contributed by atoms with van der Waals surface area (Å²) < 4.78 is 34.4. The average Bonchev–Trinajstić information content (AvgIpc) is 2.74. The van der Waals surface area contributed by atoms with Crippen LogP contribution in [0.2, 0.25) is 0 Å². The molecule has 1 saturated carbocycles. The summed E-state index contributed by atoms with van der Waals surface area (Å²) in [6, 6.07) is 12.2. The van der Waals surface area contributed by atoms with E-state index in [2.05, 4.69) is 4.72 Å². The third-order valence-electron chi connectivity index (χ3n) is 5.99. The number of aryl methyl sites for hydroxylation is 2. The van der Waals surface area contributed by atoms with Crippen LogP contribution < -0.4 is 4.72 Å². The molecule has 2 fully saturated rings. The van der Waals surface area contributed by atoms with Gasteiger partial charge in [-0.15, -0.1) is 0 Å². The summed E-state index contributed by atoms with van der Waals surface area (Å²) in [4.78, 5) is 15.4. The number of sulfonamides is 1. The molecule has 2 aromatic rings. The second-order valence-electron chi connectivity index (χ2n) is 8.21. The number of nitrogens with zero attached hydrogens (tertiary/aromatic N) is 1. The van der Waals surface area contributed by atoms with E-state index < -0.39 is 10.0 Å². The van der Waals surface area contributed by atoms with E-state index in [1.165, 1.54) is 0 Å². The van der Waals surface area contributed by atoms with Crippen molar-refractivity contribution in [3.63, 3.8) is 0 Å². The van der Waals surface area contributed by atoms with Gasteiger partial charge in [-0.25, -0.2) is 8.42 Å². The number of hydrogen-bond acceptors (Lipinski definition) is 4. The molecule has 0 spiro atoms. The van der Waals surface area contributed by atoms with Crippen molar-refractivity contribution < 1.29 is 17.9 Å². The zero-order valence-corrected chi connectivity index (χ0v) is 18.2. The molecule has 2 aliphatic rings. The molecule has 4 rings (SSSR count). The summed E-state index contributed by atoms with van der Waals surface area (Å²) in [6.07, 6.45) is 4.30. The lowest BCUT2D eigenvalue weighted by Crippen LogP contribution is -2.54. The fourth-order valence-electron chi connectivity index (χ4n) is 4.44. The minimum Gasteiger partial charge on any atom is -0.374 e. The molecule has 1 amide bonds. The highest BCUT2D eigenvalue weighted by Gasteiger charge is 2.37. The van der Waals surface area contributed by atoms with Gasteiger partial charge in [-0.2, -0.15) is 0 Å². The van der Waals surface area contributed by atoms with Crippen molar-refractivity contribution in [2.24, 2.45) is 0 Å². The average molecular weight is 429 g/mol. The van der Waals surface area contributed by atoms with Crippen LogP contribution in [0.4, 0.5) is 5.69 Å². The molecule has 1 aliphatic heterocycles. The predicted octanol–water partition coefficient (Wildman–Crippen LogP) is 3.89. The largest absolute Gasteiger partial charge is 0.374 e. The van der Waals surface area contributed by atoms with Crippen LogP contribution in [0.3, 0.4) is 0 Å². The van der Waals surface area contributed by atoms with E-state index in [4.69, 9.17) is 4.74 Å². The predicted molar refractivity (Wildman–Crippen MR) is 116 cm³/mol. The first-order valence-corrected chi connectivity index (χ1v) is 12.0. The van der Waals surface area contributed by atoms with Crippen molar-refractivity contribution in [2.45, 2.75) is 56.6 Å². The van der Waals surface area contributed by atoms with Crippen LogP contribution >= 0.6 is 0 Å². The lowest BCUT2D eigenvalue weighted by atomic mass is 9.89. The standard InChI is InChI=1S/C23H28N2O4S/c1-16-10-11-17(2)22(14-16)30(27,28)24-19-7-5-6-18(15-19)23(26)25-12-13-29-21-9-4-3-8-20(21)25/h5-7,10-11,14-15,20-21,24H,3-4,8-9,12-13H2,1-2H3. The van der Waals surface area contributed by atoms with Gasteiger partial charge in [0.25, 0.3) is 15.9 Å². The van der Waals surface area contributed by atoms with Crippen LogP contribution in [0.25, 0.3) is 0 Å². The highest BCUT2D eigenvalue weighted by atomic mass is 32.2. The van der Waals surface area contributed by atoms with E-state index in [9.17, 15) is 13.2 Å². The molecule has 2 atom stereocenters. The maximum Gasteiger partial charge on any atom is 0.262 e. The quantitative estimate of drug-likeness (QED) is 0.802. The third-order valence-corrected chi connectivity index (χ3v) is 7.51. The SMILES string of the molecule is Cc1ccc(C)c(S(=O)(=O)Nc2cccc(C(=O)N3CCOC4CCCCC43)c2)c1. The zero-order chi connectivity index (χ0) is 21.3. The molecule has 2 aromatic carbocycles. The molecule has 1 heterocycles. The fourth-order valence-corrected chi connectivity index (χ4v) is 5.82. The van der Waals surface area contributed by atoms with Gasteiger partial charge in [-0.1, -0.05) is 31.0 Å². The minimum atomic E-state index is -3.75. The highest BCUT2D eigenvalue weighted by Crippen LogP contribution is 2.30. The Hall–Kier alpha value is -2.38. The van der Waals surface area contributed by atoms with Gasteiger partial charge < -0.3 is 9.64 Å². The maximum atomic E-state index is 13.2. The van der Waals surface area contributed by atoms with E-state index >= 15 is 0 Å². The molecule has 0 bridgehead atoms. The summed E-state index contributed by atoms with van der Waals surface area (Å²) in [7, 11) is -3.75. The monoisotopic (exact) mass is 428 g/mol. The molecular formula is C23H28N2O4S. The van der Waals surface area contributed by atoms with Gasteiger partial charge in [-0.3, -0.25) is 9.52 Å². The lowest BCUT2D eigenvalue weighted by molar-refractivity contribution is -0.0752. The molecule has 1 aliphatic carbocycles. The van der Waals surface area contributed by atoms with Crippen molar-refractivity contribution in [3.05, 3.63) is 59.2 Å². The van der Waals surface area contributed by atoms with Gasteiger partial charge in [0.1, 0.15) is 0 Å². The Balaban J connectivity index is 1.56. The van der Waals surface area contributed by atoms with Crippen LogP contribution in [0.5, 0.6) is 0 Å². The molecular weight excluding hydrogens is 400 g/mol. The normalized spacial score (nSPS) is 21.7. The van der Waals surface area contributed by atoms with Crippen molar-refractivity contribution >= 4 is 21.6 Å². The molecule has 0 radical (unpaired) electrons. The second-order valence-corrected chi connectivity index (χ2v) is 9.87. The Labute approximate surface area is 178 Å². The summed E-state index contributed by atoms with van der Waals surface area (Å²) in [5.74, 6) is -0.0667. The van der Waals surface area contributed by atoms with E-state index in [0.717, 1.165) is 31.2 Å². The number of ether oxygens (including phenoxy) is 1. The summed E-state index contributed by atoms with van der Waals surface area (Å²) in [6.45, 7) is 4.75. The number of carbonyl (C=O) groups excluding carboxylic acids is 1. The number of carbonyl (C=O) groups is 1. The van der Waals surface area contributed by atoms with E-state index in [1.54, 1.807) is 43.3 Å². The maximum absolute atomic E-state index is 13.2. The Bertz CT molecular complexity index is 1050. The van der Waals surface area contributed by atoms with Gasteiger partial charge in [-0.05, 0) is 62.1 Å². The first-order chi connectivity index (χ1) is 14.3. The first kappa shape index (κ1) is 20.9. The highest BCUT2D eigenvalue weighted by molar-refractivity contribution is 7.92. The lowest BCUT2D eigenvalue weighted by Gasteiger charge is -2.43. The van der Waals surface area contributed by atoms with Crippen molar-refractivity contribution in [2.75, 3.05) is 17.9 Å². The summed E-state index contributed by atoms with van der Waals surface area (Å²) in [5, 5.41) is 0. The van der Waals surface area contributed by atoms with E-state index in [-0.39, 0.29) is 22.9 Å². The van der Waals surface area contributed by atoms with Crippen LogP contribution in [-0.2, 0) is 14.8 Å².